The number of hydrogen-bond acceptors (Lipinski definition) is 8. The van der Waals surface area contributed by atoms with Gasteiger partial charge in [0.15, 0.2) is 0 Å². The molecule has 256 valence electrons. The molecule has 8 N–H and O–H groups in total. The van der Waals surface area contributed by atoms with E-state index in [0.717, 1.165) is 50.9 Å². The predicted octanol–water partition coefficient (Wildman–Crippen LogP) is 6.95. The second kappa shape index (κ2) is 16.4. The Bertz CT molecular complexity index is 2040. The summed E-state index contributed by atoms with van der Waals surface area (Å²) >= 11 is 0. The molecule has 0 heterocycles. The Hall–Kier alpha value is -5.96. The van der Waals surface area contributed by atoms with E-state index in [1.807, 2.05) is 48.5 Å². The van der Waals surface area contributed by atoms with Crippen molar-refractivity contribution in [1.82, 2.24) is 0 Å². The van der Waals surface area contributed by atoms with Gasteiger partial charge in [-0.05, 0) is 118 Å². The van der Waals surface area contributed by atoms with Crippen LogP contribution in [-0.4, -0.2) is 40.9 Å². The van der Waals surface area contributed by atoms with E-state index in [1.54, 1.807) is 66.7 Å². The van der Waals surface area contributed by atoms with Gasteiger partial charge in [0.25, 0.3) is 0 Å². The van der Waals surface area contributed by atoms with Crippen molar-refractivity contribution in [3.63, 3.8) is 0 Å². The van der Waals surface area contributed by atoms with Crippen LogP contribution in [0.5, 0.6) is 34.5 Å². The van der Waals surface area contributed by atoms with Crippen molar-refractivity contribution in [1.29, 1.82) is 0 Å². The Kier molecular flexibility index (Phi) is 11.6. The molecule has 0 spiro atoms. The van der Waals surface area contributed by atoms with Gasteiger partial charge in [-0.1, -0.05) is 60.7 Å². The number of benzene rings is 6. The number of phenolic OH excluding ortho intramolecular Hbond substituents is 4. The van der Waals surface area contributed by atoms with E-state index in [1.165, 1.54) is 6.07 Å². The normalized spacial score (nSPS) is 10.8. The summed E-state index contributed by atoms with van der Waals surface area (Å²) in [4.78, 5) is 0. The molecule has 0 bridgehead atoms. The molecule has 0 unspecified atom stereocenters. The molecule has 0 fully saturated rings. The highest BCUT2D eigenvalue weighted by Crippen LogP contribution is 2.28. The maximum Gasteiger partial charge on any atom is 0.121 e. The van der Waals surface area contributed by atoms with Crippen molar-refractivity contribution >= 4 is 0 Å². The van der Waals surface area contributed by atoms with Gasteiger partial charge in [-0.15, -0.1) is 0 Å². The largest absolute Gasteiger partial charge is 0.508 e. The molecular formula is C42H40O8. The molecule has 0 aliphatic rings. The van der Waals surface area contributed by atoms with Crippen LogP contribution >= 0.6 is 0 Å². The smallest absolute Gasteiger partial charge is 0.121 e. The number of aliphatic hydroxyl groups is 2. The molecule has 6 aromatic carbocycles. The minimum atomic E-state index is -0.250. The van der Waals surface area contributed by atoms with Crippen LogP contribution in [0.4, 0.5) is 0 Å². The van der Waals surface area contributed by atoms with Crippen molar-refractivity contribution in [2.45, 2.75) is 38.9 Å². The highest BCUT2D eigenvalue weighted by Gasteiger charge is 2.10. The summed E-state index contributed by atoms with van der Waals surface area (Å²) in [6.07, 6.45) is 2.40. The van der Waals surface area contributed by atoms with Gasteiger partial charge in [0.1, 0.15) is 34.5 Å². The Morgan fingerprint density at radius 3 is 0.920 bits per heavy atom. The molecule has 0 saturated heterocycles. The summed E-state index contributed by atoms with van der Waals surface area (Å²) in [5.41, 5.74) is 8.55. The summed E-state index contributed by atoms with van der Waals surface area (Å²) in [6.45, 7) is -0.478. The zero-order valence-corrected chi connectivity index (χ0v) is 27.4. The van der Waals surface area contributed by atoms with E-state index in [4.69, 9.17) is 0 Å². The Morgan fingerprint density at radius 1 is 0.280 bits per heavy atom. The quantitative estimate of drug-likeness (QED) is 0.0775. The van der Waals surface area contributed by atoms with Crippen LogP contribution in [-0.2, 0) is 38.9 Å². The minimum Gasteiger partial charge on any atom is -0.508 e. The highest BCUT2D eigenvalue weighted by atomic mass is 16.3. The number of rotatable bonds is 10. The van der Waals surface area contributed by atoms with Gasteiger partial charge in [0.05, 0.1) is 13.2 Å². The molecule has 0 atom stereocenters. The zero-order valence-electron chi connectivity index (χ0n) is 27.4. The van der Waals surface area contributed by atoms with E-state index >= 15 is 0 Å². The molecule has 8 heteroatoms. The van der Waals surface area contributed by atoms with Gasteiger partial charge in [-0.2, -0.15) is 0 Å². The molecule has 6 rings (SSSR count). The number of aliphatic hydroxyl groups excluding tert-OH is 2. The third-order valence-electron chi connectivity index (χ3n) is 8.39. The van der Waals surface area contributed by atoms with Crippen LogP contribution in [0.2, 0.25) is 0 Å². The summed E-state index contributed by atoms with van der Waals surface area (Å²) in [6, 6.07) is 35.3. The first-order valence-corrected chi connectivity index (χ1v) is 16.1. The Balaban J connectivity index is 0.000000197. The number of phenols is 6. The van der Waals surface area contributed by atoms with E-state index in [0.29, 0.717) is 30.4 Å². The molecule has 0 amide bonds. The maximum absolute atomic E-state index is 10.2. The lowest BCUT2D eigenvalue weighted by Crippen LogP contribution is -1.96. The number of hydrogen-bond donors (Lipinski definition) is 8. The molecule has 0 aliphatic heterocycles. The third-order valence-corrected chi connectivity index (χ3v) is 8.39. The average molecular weight is 673 g/mol. The third kappa shape index (κ3) is 9.56. The Labute approximate surface area is 290 Å². The highest BCUT2D eigenvalue weighted by molar-refractivity contribution is 5.45. The maximum atomic E-state index is 10.2. The van der Waals surface area contributed by atoms with Crippen LogP contribution in [0.1, 0.15) is 55.6 Å². The molecule has 0 saturated carbocycles. The minimum absolute atomic E-state index is 0.0474. The fourth-order valence-corrected chi connectivity index (χ4v) is 5.67. The summed E-state index contributed by atoms with van der Waals surface area (Å²) in [5.74, 6) is 1.06. The topological polar surface area (TPSA) is 162 Å². The van der Waals surface area contributed by atoms with Crippen LogP contribution in [0.15, 0.2) is 121 Å². The van der Waals surface area contributed by atoms with Crippen molar-refractivity contribution in [2.75, 3.05) is 0 Å². The van der Waals surface area contributed by atoms with Crippen molar-refractivity contribution in [3.05, 3.63) is 177 Å². The lowest BCUT2D eigenvalue weighted by Gasteiger charge is -2.11. The van der Waals surface area contributed by atoms with Crippen molar-refractivity contribution in [3.8, 4) is 34.5 Å². The average Bonchev–Trinajstić information content (AvgIpc) is 3.11. The van der Waals surface area contributed by atoms with E-state index in [9.17, 15) is 40.9 Å². The molecule has 8 nitrogen and oxygen atoms in total. The number of aromatic hydroxyl groups is 6. The summed E-state index contributed by atoms with van der Waals surface area (Å²) in [7, 11) is 0. The van der Waals surface area contributed by atoms with Crippen LogP contribution in [0.3, 0.4) is 0 Å². The fraction of sp³-hybridized carbons (Fsp3) is 0.143. The van der Waals surface area contributed by atoms with Gasteiger partial charge in [0, 0.05) is 24.0 Å². The molecule has 50 heavy (non-hydrogen) atoms. The van der Waals surface area contributed by atoms with Crippen molar-refractivity contribution in [2.24, 2.45) is 0 Å². The lowest BCUT2D eigenvalue weighted by molar-refractivity contribution is 0.275. The predicted molar refractivity (Wildman–Crippen MR) is 192 cm³/mol. The zero-order chi connectivity index (χ0) is 35.6. The SMILES string of the molecule is OCc1cc(Cc2ccc(O)c(Cc3ccc(O)c(CO)c3)c2)ccc1O.Oc1ccc(Cc2ccc(O)c(Cc3ccc(O)cc3)c2)cc1. The van der Waals surface area contributed by atoms with Gasteiger partial charge < -0.3 is 40.9 Å². The first-order chi connectivity index (χ1) is 24.1. The van der Waals surface area contributed by atoms with Gasteiger partial charge in [-0.25, -0.2) is 0 Å². The van der Waals surface area contributed by atoms with E-state index in [2.05, 4.69) is 0 Å². The molecule has 0 aliphatic carbocycles. The molecule has 0 aromatic heterocycles. The summed E-state index contributed by atoms with van der Waals surface area (Å²) < 4.78 is 0. The summed E-state index contributed by atoms with van der Waals surface area (Å²) in [5, 5.41) is 76.9. The standard InChI is InChI=1S/C22H22O5.C20H18O3/c23-12-18-10-15(2-5-21(18)26)7-14-1-4-20(25)17(8-14)9-16-3-6-22(27)19(11-16)13-24;21-18-6-1-14(2-7-18)11-16-5-10-20(23)17(13-16)12-15-3-8-19(22)9-4-15/h1-6,8,10-11,23-27H,7,9,12-13H2;1-10,13,21-23H,11-12H2. The second-order valence-electron chi connectivity index (χ2n) is 12.2. The monoisotopic (exact) mass is 672 g/mol. The van der Waals surface area contributed by atoms with Crippen LogP contribution in [0, 0.1) is 0 Å². The van der Waals surface area contributed by atoms with E-state index < -0.39 is 0 Å². The first kappa shape index (κ1) is 35.3. The van der Waals surface area contributed by atoms with Crippen LogP contribution in [0.25, 0.3) is 0 Å². The molecule has 6 aromatic rings. The van der Waals surface area contributed by atoms with Gasteiger partial charge in [0.2, 0.25) is 0 Å². The Morgan fingerprint density at radius 2 is 0.540 bits per heavy atom. The van der Waals surface area contributed by atoms with Crippen LogP contribution < -0.4 is 0 Å². The first-order valence-electron chi connectivity index (χ1n) is 16.1. The second-order valence-corrected chi connectivity index (χ2v) is 12.2. The fourth-order valence-electron chi connectivity index (χ4n) is 5.67. The molecule has 0 radical (unpaired) electrons. The van der Waals surface area contributed by atoms with Gasteiger partial charge >= 0.3 is 0 Å². The molecular weight excluding hydrogens is 632 g/mol. The lowest BCUT2D eigenvalue weighted by atomic mass is 9.97. The van der Waals surface area contributed by atoms with E-state index in [-0.39, 0.29) is 47.7 Å². The van der Waals surface area contributed by atoms with Crippen molar-refractivity contribution < 1.29 is 40.9 Å². The van der Waals surface area contributed by atoms with Gasteiger partial charge in [-0.3, -0.25) is 0 Å².